The van der Waals surface area contributed by atoms with Gasteiger partial charge < -0.3 is 5.32 Å². The maximum atomic E-state index is 12.3. The number of carbonyl (C=O) groups is 1. The monoisotopic (exact) mass is 397 g/mol. The molecule has 0 saturated heterocycles. The molecule has 0 unspecified atom stereocenters. The average molecular weight is 398 g/mol. The highest BCUT2D eigenvalue weighted by Crippen LogP contribution is 2.24. The Morgan fingerprint density at radius 3 is 2.25 bits per heavy atom. The predicted molar refractivity (Wildman–Crippen MR) is 105 cm³/mol. The summed E-state index contributed by atoms with van der Waals surface area (Å²) in [5.74, 6) is 0.778. The number of amides is 1. The number of hydrogen-bond acceptors (Lipinski definition) is 2. The van der Waals surface area contributed by atoms with Crippen molar-refractivity contribution in [3.05, 3.63) is 94.5 Å². The van der Waals surface area contributed by atoms with Gasteiger partial charge in [0.15, 0.2) is 0 Å². The molecule has 0 aromatic heterocycles. The average Bonchev–Trinajstić information content (AvgIpc) is 2.63. The highest BCUT2D eigenvalue weighted by atomic mass is 79.9. The summed E-state index contributed by atoms with van der Waals surface area (Å²) >= 11 is 5.22. The number of anilines is 1. The van der Waals surface area contributed by atoms with Crippen molar-refractivity contribution >= 4 is 39.3 Å². The molecule has 0 radical (unpaired) electrons. The molecule has 120 valence electrons. The van der Waals surface area contributed by atoms with E-state index in [-0.39, 0.29) is 5.91 Å². The topological polar surface area (TPSA) is 29.1 Å². The first kappa shape index (κ1) is 16.8. The Bertz CT molecular complexity index is 819. The maximum Gasteiger partial charge on any atom is 0.255 e. The fraction of sp³-hybridized carbons (Fsp3) is 0.0500. The molecule has 0 aliphatic heterocycles. The molecule has 0 bridgehead atoms. The van der Waals surface area contributed by atoms with Crippen LogP contribution in [0.15, 0.2) is 88.2 Å². The van der Waals surface area contributed by atoms with Gasteiger partial charge in [0, 0.05) is 20.7 Å². The number of rotatable bonds is 5. The zero-order valence-corrected chi connectivity index (χ0v) is 15.3. The number of para-hydroxylation sites is 1. The van der Waals surface area contributed by atoms with E-state index in [0.29, 0.717) is 5.56 Å². The highest BCUT2D eigenvalue weighted by molar-refractivity contribution is 9.10. The predicted octanol–water partition coefficient (Wildman–Crippen LogP) is 5.99. The van der Waals surface area contributed by atoms with Crippen LogP contribution in [-0.4, -0.2) is 5.91 Å². The van der Waals surface area contributed by atoms with Crippen LogP contribution in [0, 0.1) is 0 Å². The minimum atomic E-state index is -0.107. The standard InChI is InChI=1S/C20H16BrNOS/c21-18-8-4-5-9-19(18)22-20(23)16-12-10-15(11-13-16)14-24-17-6-2-1-3-7-17/h1-13H,14H2,(H,22,23). The zero-order chi connectivity index (χ0) is 16.8. The first-order chi connectivity index (χ1) is 11.7. The van der Waals surface area contributed by atoms with E-state index >= 15 is 0 Å². The molecule has 24 heavy (non-hydrogen) atoms. The number of halogens is 1. The lowest BCUT2D eigenvalue weighted by atomic mass is 10.1. The molecule has 1 N–H and O–H groups in total. The van der Waals surface area contributed by atoms with Crippen LogP contribution < -0.4 is 5.32 Å². The van der Waals surface area contributed by atoms with Crippen LogP contribution >= 0.6 is 27.7 Å². The molecule has 0 spiro atoms. The van der Waals surface area contributed by atoms with Crippen LogP contribution in [0.1, 0.15) is 15.9 Å². The molecule has 3 rings (SSSR count). The lowest BCUT2D eigenvalue weighted by Crippen LogP contribution is -2.12. The van der Waals surface area contributed by atoms with E-state index in [0.717, 1.165) is 15.9 Å². The van der Waals surface area contributed by atoms with Crippen molar-refractivity contribution in [2.75, 3.05) is 5.32 Å². The van der Waals surface area contributed by atoms with Gasteiger partial charge in [-0.05, 0) is 57.9 Å². The molecule has 0 aliphatic carbocycles. The second kappa shape index (κ2) is 8.18. The normalized spacial score (nSPS) is 10.4. The molecule has 0 heterocycles. The summed E-state index contributed by atoms with van der Waals surface area (Å²) in [6, 6.07) is 25.6. The second-order valence-electron chi connectivity index (χ2n) is 5.23. The molecule has 4 heteroatoms. The van der Waals surface area contributed by atoms with Crippen molar-refractivity contribution in [1.29, 1.82) is 0 Å². The van der Waals surface area contributed by atoms with E-state index in [4.69, 9.17) is 0 Å². The van der Waals surface area contributed by atoms with Crippen molar-refractivity contribution in [1.82, 2.24) is 0 Å². The Morgan fingerprint density at radius 1 is 0.875 bits per heavy atom. The molecule has 3 aromatic carbocycles. The van der Waals surface area contributed by atoms with E-state index in [1.807, 2.05) is 66.7 Å². The second-order valence-corrected chi connectivity index (χ2v) is 7.14. The SMILES string of the molecule is O=C(Nc1ccccc1Br)c1ccc(CSc2ccccc2)cc1. The number of benzene rings is 3. The minimum Gasteiger partial charge on any atom is -0.321 e. The molecular formula is C20H16BrNOS. The van der Waals surface area contributed by atoms with E-state index < -0.39 is 0 Å². The Morgan fingerprint density at radius 2 is 1.54 bits per heavy atom. The Kier molecular flexibility index (Phi) is 5.72. The molecule has 0 saturated carbocycles. The van der Waals surface area contributed by atoms with Crippen molar-refractivity contribution < 1.29 is 4.79 Å². The molecule has 0 fully saturated rings. The molecular weight excluding hydrogens is 382 g/mol. The minimum absolute atomic E-state index is 0.107. The van der Waals surface area contributed by atoms with E-state index in [1.165, 1.54) is 10.5 Å². The molecule has 2 nitrogen and oxygen atoms in total. The summed E-state index contributed by atoms with van der Waals surface area (Å²) in [5.41, 5.74) is 2.62. The summed E-state index contributed by atoms with van der Waals surface area (Å²) < 4.78 is 0.870. The van der Waals surface area contributed by atoms with Gasteiger partial charge in [-0.25, -0.2) is 0 Å². The quantitative estimate of drug-likeness (QED) is 0.535. The van der Waals surface area contributed by atoms with Gasteiger partial charge in [-0.2, -0.15) is 0 Å². The zero-order valence-electron chi connectivity index (χ0n) is 12.9. The van der Waals surface area contributed by atoms with Crippen molar-refractivity contribution in [2.24, 2.45) is 0 Å². The van der Waals surface area contributed by atoms with Crippen molar-refractivity contribution in [3.63, 3.8) is 0 Å². The van der Waals surface area contributed by atoms with Crippen LogP contribution in [0.5, 0.6) is 0 Å². The third-order valence-corrected chi connectivity index (χ3v) is 5.26. The van der Waals surface area contributed by atoms with Crippen LogP contribution in [0.3, 0.4) is 0 Å². The van der Waals surface area contributed by atoms with Gasteiger partial charge >= 0.3 is 0 Å². The molecule has 0 atom stereocenters. The lowest BCUT2D eigenvalue weighted by molar-refractivity contribution is 0.102. The first-order valence-electron chi connectivity index (χ1n) is 7.55. The fourth-order valence-corrected chi connectivity index (χ4v) is 3.45. The summed E-state index contributed by atoms with van der Waals surface area (Å²) in [6.07, 6.45) is 0. The number of nitrogens with one attached hydrogen (secondary N) is 1. The van der Waals surface area contributed by atoms with Gasteiger partial charge in [0.2, 0.25) is 0 Å². The molecule has 1 amide bonds. The van der Waals surface area contributed by atoms with Crippen LogP contribution in [0.2, 0.25) is 0 Å². The van der Waals surface area contributed by atoms with Gasteiger partial charge in [0.05, 0.1) is 5.69 Å². The molecule has 0 aliphatic rings. The summed E-state index contributed by atoms with van der Waals surface area (Å²) in [4.78, 5) is 13.6. The van der Waals surface area contributed by atoms with Gasteiger partial charge in [-0.3, -0.25) is 4.79 Å². The number of thioether (sulfide) groups is 1. The summed E-state index contributed by atoms with van der Waals surface area (Å²) in [6.45, 7) is 0. The van der Waals surface area contributed by atoms with Crippen molar-refractivity contribution in [2.45, 2.75) is 10.6 Å². The smallest absolute Gasteiger partial charge is 0.255 e. The van der Waals surface area contributed by atoms with Crippen LogP contribution in [0.25, 0.3) is 0 Å². The Balaban J connectivity index is 1.61. The highest BCUT2D eigenvalue weighted by Gasteiger charge is 2.08. The van der Waals surface area contributed by atoms with Gasteiger partial charge in [0.1, 0.15) is 0 Å². The molecule has 3 aromatic rings. The van der Waals surface area contributed by atoms with Crippen LogP contribution in [0.4, 0.5) is 5.69 Å². The lowest BCUT2D eigenvalue weighted by Gasteiger charge is -2.08. The first-order valence-corrected chi connectivity index (χ1v) is 9.33. The Hall–Kier alpha value is -2.04. The fourth-order valence-electron chi connectivity index (χ4n) is 2.19. The van der Waals surface area contributed by atoms with Crippen LogP contribution in [-0.2, 0) is 5.75 Å². The third-order valence-electron chi connectivity index (χ3n) is 3.49. The maximum absolute atomic E-state index is 12.3. The Labute approximate surface area is 154 Å². The number of carbonyl (C=O) groups excluding carboxylic acids is 1. The number of hydrogen-bond donors (Lipinski definition) is 1. The van der Waals surface area contributed by atoms with E-state index in [9.17, 15) is 4.79 Å². The summed E-state index contributed by atoms with van der Waals surface area (Å²) in [7, 11) is 0. The van der Waals surface area contributed by atoms with Gasteiger partial charge in [0.25, 0.3) is 5.91 Å². The van der Waals surface area contributed by atoms with Gasteiger partial charge in [-0.15, -0.1) is 11.8 Å². The summed E-state index contributed by atoms with van der Waals surface area (Å²) in [5, 5.41) is 2.91. The van der Waals surface area contributed by atoms with E-state index in [2.05, 4.69) is 33.4 Å². The van der Waals surface area contributed by atoms with E-state index in [1.54, 1.807) is 11.8 Å². The van der Waals surface area contributed by atoms with Crippen molar-refractivity contribution in [3.8, 4) is 0 Å². The van der Waals surface area contributed by atoms with Gasteiger partial charge in [-0.1, -0.05) is 42.5 Å². The third kappa shape index (κ3) is 4.49. The largest absolute Gasteiger partial charge is 0.321 e.